The molecule has 0 aliphatic rings. The van der Waals surface area contributed by atoms with Gasteiger partial charge in [0.2, 0.25) is 0 Å². The lowest BCUT2D eigenvalue weighted by Crippen LogP contribution is -2.23. The van der Waals surface area contributed by atoms with Gasteiger partial charge in [0.05, 0.1) is 14.2 Å². The van der Waals surface area contributed by atoms with E-state index in [1.54, 1.807) is 14.2 Å². The molecule has 3 nitrogen and oxygen atoms in total. The van der Waals surface area contributed by atoms with E-state index in [2.05, 4.69) is 32.2 Å². The van der Waals surface area contributed by atoms with Gasteiger partial charge in [0, 0.05) is 17.7 Å². The van der Waals surface area contributed by atoms with E-state index < -0.39 is 0 Å². The third kappa shape index (κ3) is 3.91. The predicted molar refractivity (Wildman–Crippen MR) is 75.4 cm³/mol. The molecule has 1 rings (SSSR count). The zero-order chi connectivity index (χ0) is 13.5. The van der Waals surface area contributed by atoms with Crippen LogP contribution in [0.1, 0.15) is 38.8 Å². The zero-order valence-corrected chi connectivity index (χ0v) is 12.1. The number of methoxy groups -OCH3 is 2. The Hall–Kier alpha value is -1.22. The Labute approximate surface area is 110 Å². The molecule has 0 aromatic heterocycles. The molecule has 102 valence electrons. The van der Waals surface area contributed by atoms with Crippen LogP contribution in [-0.2, 0) is 0 Å². The molecule has 0 aliphatic carbocycles. The van der Waals surface area contributed by atoms with Gasteiger partial charge in [0.25, 0.3) is 0 Å². The molecular weight excluding hydrogens is 226 g/mol. The third-order valence-electron chi connectivity index (χ3n) is 2.97. The fourth-order valence-corrected chi connectivity index (χ4v) is 2.14. The summed E-state index contributed by atoms with van der Waals surface area (Å²) in [5.74, 6) is 2.36. The summed E-state index contributed by atoms with van der Waals surface area (Å²) in [6.45, 7) is 7.55. The van der Waals surface area contributed by atoms with Crippen LogP contribution < -0.4 is 14.8 Å². The van der Waals surface area contributed by atoms with Gasteiger partial charge in [-0.3, -0.25) is 0 Å². The zero-order valence-electron chi connectivity index (χ0n) is 12.1. The van der Waals surface area contributed by atoms with Gasteiger partial charge in [-0.25, -0.2) is 0 Å². The second-order valence-electron chi connectivity index (χ2n) is 4.85. The van der Waals surface area contributed by atoms with Crippen molar-refractivity contribution in [2.24, 2.45) is 5.92 Å². The maximum absolute atomic E-state index is 5.48. The summed E-state index contributed by atoms with van der Waals surface area (Å²) in [7, 11) is 3.38. The molecule has 3 heteroatoms. The highest BCUT2D eigenvalue weighted by Crippen LogP contribution is 2.32. The van der Waals surface area contributed by atoms with Crippen molar-refractivity contribution >= 4 is 0 Å². The van der Waals surface area contributed by atoms with E-state index in [0.717, 1.165) is 24.5 Å². The summed E-state index contributed by atoms with van der Waals surface area (Å²) in [5, 5.41) is 3.52. The maximum Gasteiger partial charge on any atom is 0.127 e. The van der Waals surface area contributed by atoms with Gasteiger partial charge < -0.3 is 14.8 Å². The molecule has 0 aliphatic heterocycles. The summed E-state index contributed by atoms with van der Waals surface area (Å²) < 4.78 is 10.7. The monoisotopic (exact) mass is 251 g/mol. The number of hydrogen-bond acceptors (Lipinski definition) is 3. The Morgan fingerprint density at radius 3 is 2.39 bits per heavy atom. The van der Waals surface area contributed by atoms with Crippen molar-refractivity contribution in [3.63, 3.8) is 0 Å². The van der Waals surface area contributed by atoms with Crippen molar-refractivity contribution in [1.82, 2.24) is 5.32 Å². The number of nitrogens with one attached hydrogen (secondary N) is 1. The van der Waals surface area contributed by atoms with Crippen LogP contribution in [0.15, 0.2) is 18.2 Å². The lowest BCUT2D eigenvalue weighted by molar-refractivity contribution is 0.374. The molecule has 18 heavy (non-hydrogen) atoms. The van der Waals surface area contributed by atoms with E-state index in [9.17, 15) is 0 Å². The lowest BCUT2D eigenvalue weighted by atomic mass is 9.96. The van der Waals surface area contributed by atoms with Crippen molar-refractivity contribution in [2.45, 2.75) is 33.2 Å². The van der Waals surface area contributed by atoms with Crippen molar-refractivity contribution in [3.05, 3.63) is 23.8 Å². The summed E-state index contributed by atoms with van der Waals surface area (Å²) in [6.07, 6.45) is 1.09. The van der Waals surface area contributed by atoms with Gasteiger partial charge in [0.15, 0.2) is 0 Å². The number of ether oxygens (including phenoxy) is 2. The van der Waals surface area contributed by atoms with E-state index in [-0.39, 0.29) is 0 Å². The first-order valence-corrected chi connectivity index (χ1v) is 6.57. The first kappa shape index (κ1) is 14.8. The fourth-order valence-electron chi connectivity index (χ4n) is 2.14. The van der Waals surface area contributed by atoms with Gasteiger partial charge in [-0.05, 0) is 24.9 Å². The minimum absolute atomic E-state index is 0.329. The molecule has 1 atom stereocenters. The number of hydrogen-bond donors (Lipinski definition) is 1. The summed E-state index contributed by atoms with van der Waals surface area (Å²) in [4.78, 5) is 0. The summed E-state index contributed by atoms with van der Waals surface area (Å²) >= 11 is 0. The molecule has 1 aromatic rings. The molecule has 1 aromatic carbocycles. The average Bonchev–Trinajstić information content (AvgIpc) is 2.37. The lowest BCUT2D eigenvalue weighted by Gasteiger charge is -2.22. The first-order chi connectivity index (χ1) is 8.62. The minimum Gasteiger partial charge on any atom is -0.497 e. The van der Waals surface area contributed by atoms with E-state index >= 15 is 0 Å². The van der Waals surface area contributed by atoms with Crippen LogP contribution in [0.5, 0.6) is 11.5 Å². The normalized spacial score (nSPS) is 12.6. The maximum atomic E-state index is 5.48. The van der Waals surface area contributed by atoms with Crippen molar-refractivity contribution in [2.75, 3.05) is 20.8 Å². The molecule has 1 N–H and O–H groups in total. The SMILES string of the molecule is CCNC(CC(C)C)c1ccc(OC)cc1OC. The molecule has 0 heterocycles. The third-order valence-corrected chi connectivity index (χ3v) is 2.97. The number of rotatable bonds is 7. The molecule has 0 bridgehead atoms. The Balaban J connectivity index is 3.02. The summed E-state index contributed by atoms with van der Waals surface area (Å²) in [6, 6.07) is 6.35. The molecule has 0 saturated carbocycles. The molecule has 0 amide bonds. The summed E-state index contributed by atoms with van der Waals surface area (Å²) in [5.41, 5.74) is 1.20. The smallest absolute Gasteiger partial charge is 0.127 e. The van der Waals surface area contributed by atoms with E-state index in [0.29, 0.717) is 12.0 Å². The number of benzene rings is 1. The minimum atomic E-state index is 0.329. The van der Waals surface area contributed by atoms with Gasteiger partial charge in [0.1, 0.15) is 11.5 Å². The van der Waals surface area contributed by atoms with Crippen molar-refractivity contribution < 1.29 is 9.47 Å². The van der Waals surface area contributed by atoms with Crippen LogP contribution in [0.4, 0.5) is 0 Å². The molecule has 0 spiro atoms. The quantitative estimate of drug-likeness (QED) is 0.805. The fraction of sp³-hybridized carbons (Fsp3) is 0.600. The van der Waals surface area contributed by atoms with Gasteiger partial charge >= 0.3 is 0 Å². The molecule has 0 saturated heterocycles. The van der Waals surface area contributed by atoms with Gasteiger partial charge in [-0.15, -0.1) is 0 Å². The van der Waals surface area contributed by atoms with Crippen LogP contribution in [0, 0.1) is 5.92 Å². The van der Waals surface area contributed by atoms with Gasteiger partial charge in [-0.1, -0.05) is 26.8 Å². The highest BCUT2D eigenvalue weighted by molar-refractivity contribution is 5.42. The standard InChI is InChI=1S/C15H25NO2/c1-6-16-14(9-11(2)3)13-8-7-12(17-4)10-15(13)18-5/h7-8,10-11,14,16H,6,9H2,1-5H3. The van der Waals surface area contributed by atoms with Gasteiger partial charge in [-0.2, -0.15) is 0 Å². The second-order valence-corrected chi connectivity index (χ2v) is 4.85. The van der Waals surface area contributed by atoms with Crippen molar-refractivity contribution in [3.8, 4) is 11.5 Å². The highest BCUT2D eigenvalue weighted by atomic mass is 16.5. The van der Waals surface area contributed by atoms with Crippen LogP contribution in [0.2, 0.25) is 0 Å². The van der Waals surface area contributed by atoms with Crippen LogP contribution in [-0.4, -0.2) is 20.8 Å². The molecule has 0 fully saturated rings. The second kappa shape index (κ2) is 7.27. The van der Waals surface area contributed by atoms with Crippen LogP contribution in [0.3, 0.4) is 0 Å². The molecule has 1 unspecified atom stereocenters. The molecular formula is C15H25NO2. The topological polar surface area (TPSA) is 30.5 Å². The Morgan fingerprint density at radius 1 is 1.17 bits per heavy atom. The van der Waals surface area contributed by atoms with Crippen LogP contribution >= 0.6 is 0 Å². The van der Waals surface area contributed by atoms with E-state index in [1.165, 1.54) is 5.56 Å². The Kier molecular flexibility index (Phi) is 5.99. The van der Waals surface area contributed by atoms with Crippen molar-refractivity contribution in [1.29, 1.82) is 0 Å². The average molecular weight is 251 g/mol. The van der Waals surface area contributed by atoms with E-state index in [1.807, 2.05) is 12.1 Å². The highest BCUT2D eigenvalue weighted by Gasteiger charge is 2.17. The largest absolute Gasteiger partial charge is 0.497 e. The first-order valence-electron chi connectivity index (χ1n) is 6.57. The Bertz CT molecular complexity index is 364. The Morgan fingerprint density at radius 2 is 1.89 bits per heavy atom. The molecule has 0 radical (unpaired) electrons. The van der Waals surface area contributed by atoms with E-state index in [4.69, 9.17) is 9.47 Å². The predicted octanol–water partition coefficient (Wildman–Crippen LogP) is 3.40. The van der Waals surface area contributed by atoms with Crippen LogP contribution in [0.25, 0.3) is 0 Å².